The van der Waals surface area contributed by atoms with E-state index in [1.807, 2.05) is 44.1 Å². The van der Waals surface area contributed by atoms with Crippen LogP contribution >= 0.6 is 0 Å². The van der Waals surface area contributed by atoms with E-state index in [-0.39, 0.29) is 11.9 Å². The van der Waals surface area contributed by atoms with Gasteiger partial charge in [-0.15, -0.1) is 10.2 Å². The van der Waals surface area contributed by atoms with Gasteiger partial charge in [0, 0.05) is 18.7 Å². The highest BCUT2D eigenvalue weighted by Crippen LogP contribution is 2.23. The Kier molecular flexibility index (Phi) is 4.50. The topological polar surface area (TPSA) is 63.5 Å². The first-order chi connectivity index (χ1) is 12.5. The summed E-state index contributed by atoms with van der Waals surface area (Å²) in [5.41, 5.74) is 3.16. The van der Waals surface area contributed by atoms with E-state index in [4.69, 9.17) is 4.74 Å². The van der Waals surface area contributed by atoms with Crippen LogP contribution in [-0.2, 0) is 30.9 Å². The van der Waals surface area contributed by atoms with Gasteiger partial charge in [-0.1, -0.05) is 6.07 Å². The standard InChI is InChI=1S/C19H25N5O2/c1-13-20-21-18-11-24(17(9-22(2)3)10-23(13)18)19(25)15-4-5-16-12-26-7-6-14(16)8-15/h4-5,8,17H,6-7,9-12H2,1-3H3. The van der Waals surface area contributed by atoms with Crippen molar-refractivity contribution in [1.29, 1.82) is 0 Å². The van der Waals surface area contributed by atoms with Crippen LogP contribution in [0, 0.1) is 6.92 Å². The Balaban J connectivity index is 1.64. The lowest BCUT2D eigenvalue weighted by Crippen LogP contribution is -2.51. The first-order valence-electron chi connectivity index (χ1n) is 9.07. The van der Waals surface area contributed by atoms with E-state index in [1.54, 1.807) is 0 Å². The van der Waals surface area contributed by atoms with E-state index < -0.39 is 0 Å². The number of likely N-dealkylation sites (N-methyl/N-ethyl adjacent to an activating group) is 1. The van der Waals surface area contributed by atoms with Crippen molar-refractivity contribution in [1.82, 2.24) is 24.6 Å². The zero-order chi connectivity index (χ0) is 18.3. The summed E-state index contributed by atoms with van der Waals surface area (Å²) < 4.78 is 7.62. The summed E-state index contributed by atoms with van der Waals surface area (Å²) >= 11 is 0. The van der Waals surface area contributed by atoms with Crippen molar-refractivity contribution in [2.75, 3.05) is 27.2 Å². The number of aromatic nitrogens is 3. The molecule has 1 unspecified atom stereocenters. The quantitative estimate of drug-likeness (QED) is 0.829. The minimum Gasteiger partial charge on any atom is -0.376 e. The molecule has 1 aromatic heterocycles. The van der Waals surface area contributed by atoms with Gasteiger partial charge < -0.3 is 19.1 Å². The highest BCUT2D eigenvalue weighted by molar-refractivity contribution is 5.94. The molecule has 0 spiro atoms. The minimum absolute atomic E-state index is 0.0676. The largest absolute Gasteiger partial charge is 0.376 e. The van der Waals surface area contributed by atoms with E-state index in [9.17, 15) is 4.79 Å². The Morgan fingerprint density at radius 1 is 1.31 bits per heavy atom. The van der Waals surface area contributed by atoms with Gasteiger partial charge in [-0.3, -0.25) is 4.79 Å². The number of fused-ring (bicyclic) bond motifs is 2. The van der Waals surface area contributed by atoms with Crippen LogP contribution in [0.2, 0.25) is 0 Å². The molecule has 1 amide bonds. The molecule has 1 aromatic carbocycles. The van der Waals surface area contributed by atoms with Gasteiger partial charge in [-0.2, -0.15) is 0 Å². The lowest BCUT2D eigenvalue weighted by atomic mass is 9.99. The second-order valence-electron chi connectivity index (χ2n) is 7.41. The molecule has 4 rings (SSSR count). The van der Waals surface area contributed by atoms with Crippen LogP contribution in [0.25, 0.3) is 0 Å². The lowest BCUT2D eigenvalue weighted by molar-refractivity contribution is 0.0542. The molecule has 7 heteroatoms. The number of hydrogen-bond donors (Lipinski definition) is 0. The maximum atomic E-state index is 13.3. The highest BCUT2D eigenvalue weighted by Gasteiger charge is 2.33. The molecule has 1 atom stereocenters. The highest BCUT2D eigenvalue weighted by atomic mass is 16.5. The molecule has 0 radical (unpaired) electrons. The molecular weight excluding hydrogens is 330 g/mol. The maximum absolute atomic E-state index is 13.3. The zero-order valence-electron chi connectivity index (χ0n) is 15.6. The summed E-state index contributed by atoms with van der Waals surface area (Å²) in [7, 11) is 4.08. The van der Waals surface area contributed by atoms with Gasteiger partial charge in [0.2, 0.25) is 0 Å². The number of aryl methyl sites for hydroxylation is 1. The van der Waals surface area contributed by atoms with Crippen LogP contribution in [0.5, 0.6) is 0 Å². The molecule has 3 heterocycles. The normalized spacial score (nSPS) is 19.4. The Labute approximate surface area is 153 Å². The van der Waals surface area contributed by atoms with E-state index in [2.05, 4.69) is 19.7 Å². The van der Waals surface area contributed by atoms with Gasteiger partial charge in [0.05, 0.1) is 25.8 Å². The Hall–Kier alpha value is -2.25. The molecule has 138 valence electrons. The molecule has 0 N–H and O–H groups in total. The number of ether oxygens (including phenoxy) is 1. The van der Waals surface area contributed by atoms with Crippen molar-refractivity contribution in [3.8, 4) is 0 Å². The fourth-order valence-corrected chi connectivity index (χ4v) is 3.85. The summed E-state index contributed by atoms with van der Waals surface area (Å²) in [6.45, 7) is 5.36. The molecule has 2 aliphatic heterocycles. The van der Waals surface area contributed by atoms with Crippen LogP contribution < -0.4 is 0 Å². The third-order valence-corrected chi connectivity index (χ3v) is 5.22. The van der Waals surface area contributed by atoms with Crippen LogP contribution in [-0.4, -0.2) is 63.8 Å². The fraction of sp³-hybridized carbons (Fsp3) is 0.526. The van der Waals surface area contributed by atoms with Gasteiger partial charge in [0.15, 0.2) is 5.82 Å². The van der Waals surface area contributed by atoms with Crippen LogP contribution in [0.3, 0.4) is 0 Å². The molecule has 0 fully saturated rings. The fourth-order valence-electron chi connectivity index (χ4n) is 3.85. The van der Waals surface area contributed by atoms with Gasteiger partial charge in [-0.25, -0.2) is 0 Å². The molecule has 0 saturated heterocycles. The second-order valence-corrected chi connectivity index (χ2v) is 7.41. The molecule has 0 aliphatic carbocycles. The van der Waals surface area contributed by atoms with E-state index in [1.165, 1.54) is 11.1 Å². The maximum Gasteiger partial charge on any atom is 0.254 e. The first-order valence-corrected chi connectivity index (χ1v) is 9.07. The Bertz CT molecular complexity index is 829. The number of nitrogens with zero attached hydrogens (tertiary/aromatic N) is 5. The smallest absolute Gasteiger partial charge is 0.254 e. The lowest BCUT2D eigenvalue weighted by Gasteiger charge is -2.37. The van der Waals surface area contributed by atoms with Crippen molar-refractivity contribution in [3.05, 3.63) is 46.5 Å². The van der Waals surface area contributed by atoms with Crippen molar-refractivity contribution >= 4 is 5.91 Å². The average molecular weight is 355 g/mol. The van der Waals surface area contributed by atoms with Gasteiger partial charge in [-0.05, 0) is 50.7 Å². The van der Waals surface area contributed by atoms with E-state index in [0.29, 0.717) is 13.2 Å². The van der Waals surface area contributed by atoms with Crippen molar-refractivity contribution < 1.29 is 9.53 Å². The summed E-state index contributed by atoms with van der Waals surface area (Å²) in [5, 5.41) is 8.44. The van der Waals surface area contributed by atoms with Crippen molar-refractivity contribution in [2.45, 2.75) is 39.1 Å². The first kappa shape index (κ1) is 17.2. The molecule has 26 heavy (non-hydrogen) atoms. The number of amides is 1. The van der Waals surface area contributed by atoms with Crippen LogP contribution in [0.4, 0.5) is 0 Å². The second kappa shape index (κ2) is 6.81. The van der Waals surface area contributed by atoms with Crippen molar-refractivity contribution in [2.24, 2.45) is 0 Å². The molecule has 0 bridgehead atoms. The predicted molar refractivity (Wildman–Crippen MR) is 96.8 cm³/mol. The van der Waals surface area contributed by atoms with Gasteiger partial charge in [0.1, 0.15) is 5.82 Å². The third kappa shape index (κ3) is 3.12. The summed E-state index contributed by atoms with van der Waals surface area (Å²) in [6.07, 6.45) is 0.866. The molecular formula is C19H25N5O2. The molecule has 0 saturated carbocycles. The zero-order valence-corrected chi connectivity index (χ0v) is 15.6. The van der Waals surface area contributed by atoms with Crippen molar-refractivity contribution in [3.63, 3.8) is 0 Å². The summed E-state index contributed by atoms with van der Waals surface area (Å²) in [5.74, 6) is 1.83. The van der Waals surface area contributed by atoms with Crippen LogP contribution in [0.15, 0.2) is 18.2 Å². The number of carbonyl (C=O) groups is 1. The third-order valence-electron chi connectivity index (χ3n) is 5.22. The van der Waals surface area contributed by atoms with Gasteiger partial charge >= 0.3 is 0 Å². The SMILES string of the molecule is Cc1nnc2n1CC(CN(C)C)N(C(=O)c1ccc3c(c1)CCOC3)C2. The average Bonchev–Trinajstić information content (AvgIpc) is 3.00. The molecule has 2 aliphatic rings. The van der Waals surface area contributed by atoms with E-state index >= 15 is 0 Å². The molecule has 2 aromatic rings. The number of rotatable bonds is 3. The number of hydrogen-bond acceptors (Lipinski definition) is 5. The predicted octanol–water partition coefficient (Wildman–Crippen LogP) is 1.25. The number of benzene rings is 1. The number of carbonyl (C=O) groups excluding carboxylic acids is 1. The Morgan fingerprint density at radius 3 is 2.96 bits per heavy atom. The van der Waals surface area contributed by atoms with Crippen LogP contribution in [0.1, 0.15) is 33.1 Å². The van der Waals surface area contributed by atoms with Gasteiger partial charge in [0.25, 0.3) is 5.91 Å². The monoisotopic (exact) mass is 355 g/mol. The summed E-state index contributed by atoms with van der Waals surface area (Å²) in [6, 6.07) is 6.09. The van der Waals surface area contributed by atoms with E-state index in [0.717, 1.165) is 43.3 Å². The minimum atomic E-state index is 0.0676. The Morgan fingerprint density at radius 2 is 2.15 bits per heavy atom. The molecule has 7 nitrogen and oxygen atoms in total. The summed E-state index contributed by atoms with van der Waals surface area (Å²) in [4.78, 5) is 17.4.